The lowest BCUT2D eigenvalue weighted by atomic mass is 9.60. The monoisotopic (exact) mass is 381 g/mol. The molecule has 0 amide bonds. The predicted octanol–water partition coefficient (Wildman–Crippen LogP) is 7.22. The zero-order valence-electron chi connectivity index (χ0n) is 17.6. The lowest BCUT2D eigenvalue weighted by Gasteiger charge is -2.45. The second kappa shape index (κ2) is 8.98. The molecule has 1 nitrogen and oxygen atoms in total. The first kappa shape index (κ1) is 19.9. The molecule has 2 saturated carbocycles. The van der Waals surface area contributed by atoms with Gasteiger partial charge in [-0.2, -0.15) is 5.26 Å². The highest BCUT2D eigenvalue weighted by Crippen LogP contribution is 2.49. The summed E-state index contributed by atoms with van der Waals surface area (Å²) in [4.78, 5) is 0. The van der Waals surface area contributed by atoms with Crippen LogP contribution in [0.3, 0.4) is 0 Å². The van der Waals surface area contributed by atoms with E-state index in [1.807, 2.05) is 12.1 Å². The molecule has 152 valence electrons. The third-order valence-corrected chi connectivity index (χ3v) is 8.35. The van der Waals surface area contributed by atoms with E-state index >= 15 is 0 Å². The molecule has 3 aliphatic rings. The lowest BCUT2D eigenvalue weighted by Crippen LogP contribution is -2.35. The topological polar surface area (TPSA) is 23.8 Å². The highest BCUT2D eigenvalue weighted by Gasteiger charge is 2.38. The standard InChI is InChI=1S/C26H36FN/c1-2-3-4-5-18-6-7-20-15-21(9-8-19(20)14-18)22-12-13-25-23(16-22)10-11-24(17-28)26(25)27/h10-11,18-22H,2-9,12-16H2,1H3. The van der Waals surface area contributed by atoms with Gasteiger partial charge in [0.25, 0.3) is 0 Å². The molecule has 0 saturated heterocycles. The Bertz CT molecular complexity index is 718. The number of unbranched alkanes of at least 4 members (excludes halogenated alkanes) is 2. The van der Waals surface area contributed by atoms with Crippen LogP contribution in [-0.4, -0.2) is 0 Å². The van der Waals surface area contributed by atoms with Gasteiger partial charge in [-0.25, -0.2) is 4.39 Å². The molecular weight excluding hydrogens is 345 g/mol. The minimum Gasteiger partial charge on any atom is -0.205 e. The summed E-state index contributed by atoms with van der Waals surface area (Å²) in [6.07, 6.45) is 17.3. The smallest absolute Gasteiger partial charge is 0.144 e. The van der Waals surface area contributed by atoms with Crippen molar-refractivity contribution in [3.8, 4) is 6.07 Å². The van der Waals surface area contributed by atoms with Crippen molar-refractivity contribution in [1.82, 2.24) is 0 Å². The van der Waals surface area contributed by atoms with Crippen molar-refractivity contribution in [3.05, 3.63) is 34.6 Å². The van der Waals surface area contributed by atoms with Crippen LogP contribution in [0.5, 0.6) is 0 Å². The maximum Gasteiger partial charge on any atom is 0.144 e. The molecule has 28 heavy (non-hydrogen) atoms. The van der Waals surface area contributed by atoms with Crippen LogP contribution in [-0.2, 0) is 12.8 Å². The van der Waals surface area contributed by atoms with Crippen LogP contribution in [0.2, 0.25) is 0 Å². The van der Waals surface area contributed by atoms with Crippen molar-refractivity contribution in [1.29, 1.82) is 5.26 Å². The quantitative estimate of drug-likeness (QED) is 0.494. The van der Waals surface area contributed by atoms with Crippen LogP contribution in [0.15, 0.2) is 12.1 Å². The fraction of sp³-hybridized carbons (Fsp3) is 0.731. The maximum atomic E-state index is 14.5. The molecular formula is C26H36FN. The van der Waals surface area contributed by atoms with Gasteiger partial charge in [-0.05, 0) is 98.1 Å². The molecule has 0 aromatic heterocycles. The van der Waals surface area contributed by atoms with Crippen molar-refractivity contribution in [2.24, 2.45) is 29.6 Å². The molecule has 0 aliphatic heterocycles. The molecule has 2 heteroatoms. The van der Waals surface area contributed by atoms with Gasteiger partial charge in [0.05, 0.1) is 5.56 Å². The lowest BCUT2D eigenvalue weighted by molar-refractivity contribution is 0.0689. The number of benzene rings is 1. The van der Waals surface area contributed by atoms with Gasteiger partial charge in [0.15, 0.2) is 0 Å². The molecule has 1 aromatic rings. The van der Waals surface area contributed by atoms with Crippen molar-refractivity contribution in [2.45, 2.75) is 90.4 Å². The Kier molecular flexibility index (Phi) is 6.39. The summed E-state index contributed by atoms with van der Waals surface area (Å²) in [6.45, 7) is 2.30. The van der Waals surface area contributed by atoms with E-state index in [0.717, 1.165) is 54.4 Å². The summed E-state index contributed by atoms with van der Waals surface area (Å²) in [7, 11) is 0. The van der Waals surface area contributed by atoms with Crippen LogP contribution in [0.1, 0.15) is 94.2 Å². The van der Waals surface area contributed by atoms with Gasteiger partial charge >= 0.3 is 0 Å². The number of hydrogen-bond acceptors (Lipinski definition) is 1. The Hall–Kier alpha value is -1.36. The second-order valence-corrected chi connectivity index (χ2v) is 9.95. The van der Waals surface area contributed by atoms with E-state index in [4.69, 9.17) is 5.26 Å². The second-order valence-electron chi connectivity index (χ2n) is 9.95. The summed E-state index contributed by atoms with van der Waals surface area (Å²) < 4.78 is 14.5. The maximum absolute atomic E-state index is 14.5. The zero-order chi connectivity index (χ0) is 19.5. The van der Waals surface area contributed by atoms with Crippen LogP contribution in [0.25, 0.3) is 0 Å². The third-order valence-electron chi connectivity index (χ3n) is 8.35. The number of halogens is 1. The van der Waals surface area contributed by atoms with Crippen molar-refractivity contribution in [2.75, 3.05) is 0 Å². The Morgan fingerprint density at radius 3 is 2.50 bits per heavy atom. The Balaban J connectivity index is 1.33. The summed E-state index contributed by atoms with van der Waals surface area (Å²) in [5, 5.41) is 9.07. The largest absolute Gasteiger partial charge is 0.205 e. The molecule has 0 heterocycles. The average molecular weight is 382 g/mol. The van der Waals surface area contributed by atoms with Crippen molar-refractivity contribution in [3.63, 3.8) is 0 Å². The number of hydrogen-bond donors (Lipinski definition) is 0. The molecule has 5 atom stereocenters. The molecule has 4 rings (SSSR count). The summed E-state index contributed by atoms with van der Waals surface area (Å²) in [5.74, 6) is 4.27. The average Bonchev–Trinajstić information content (AvgIpc) is 2.73. The predicted molar refractivity (Wildman–Crippen MR) is 112 cm³/mol. The number of rotatable bonds is 5. The van der Waals surface area contributed by atoms with Crippen LogP contribution in [0, 0.1) is 46.7 Å². The SMILES string of the molecule is CCCCCC1CCC2CC(C3CCc4c(ccc(C#N)c4F)C3)CCC2C1. The van der Waals surface area contributed by atoms with Gasteiger partial charge in [0.1, 0.15) is 11.9 Å². The van der Waals surface area contributed by atoms with Crippen LogP contribution >= 0.6 is 0 Å². The third kappa shape index (κ3) is 4.14. The van der Waals surface area contributed by atoms with Gasteiger partial charge in [0.2, 0.25) is 0 Å². The summed E-state index contributed by atoms with van der Waals surface area (Å²) in [6, 6.07) is 5.71. The first-order valence-corrected chi connectivity index (χ1v) is 11.9. The molecule has 0 bridgehead atoms. The fourth-order valence-corrected chi connectivity index (χ4v) is 6.72. The van der Waals surface area contributed by atoms with Gasteiger partial charge in [0, 0.05) is 0 Å². The fourth-order valence-electron chi connectivity index (χ4n) is 6.72. The van der Waals surface area contributed by atoms with Gasteiger partial charge in [-0.1, -0.05) is 45.1 Å². The van der Waals surface area contributed by atoms with Gasteiger partial charge in [-0.15, -0.1) is 0 Å². The van der Waals surface area contributed by atoms with E-state index < -0.39 is 0 Å². The molecule has 0 radical (unpaired) electrons. The molecule has 0 spiro atoms. The highest BCUT2D eigenvalue weighted by molar-refractivity contribution is 5.41. The minimum atomic E-state index is -0.247. The Morgan fingerprint density at radius 2 is 1.71 bits per heavy atom. The molecule has 1 aromatic carbocycles. The van der Waals surface area contributed by atoms with Crippen molar-refractivity contribution < 1.29 is 4.39 Å². The molecule has 5 unspecified atom stereocenters. The number of fused-ring (bicyclic) bond motifs is 2. The van der Waals surface area contributed by atoms with Gasteiger partial charge < -0.3 is 0 Å². The molecule has 0 N–H and O–H groups in total. The van der Waals surface area contributed by atoms with Gasteiger partial charge in [-0.3, -0.25) is 0 Å². The number of nitriles is 1. The van der Waals surface area contributed by atoms with E-state index in [0.29, 0.717) is 0 Å². The van der Waals surface area contributed by atoms with E-state index in [9.17, 15) is 4.39 Å². The first-order chi connectivity index (χ1) is 13.7. The number of nitrogens with zero attached hydrogens (tertiary/aromatic N) is 1. The normalized spacial score (nSPS) is 32.2. The highest BCUT2D eigenvalue weighted by atomic mass is 19.1. The zero-order valence-corrected chi connectivity index (χ0v) is 17.6. The summed E-state index contributed by atoms with van der Waals surface area (Å²) >= 11 is 0. The van der Waals surface area contributed by atoms with E-state index in [1.165, 1.54) is 69.8 Å². The molecule has 3 aliphatic carbocycles. The summed E-state index contributed by atoms with van der Waals surface area (Å²) in [5.41, 5.74) is 2.22. The molecule has 2 fully saturated rings. The van der Waals surface area contributed by atoms with E-state index in [2.05, 4.69) is 6.92 Å². The van der Waals surface area contributed by atoms with Crippen LogP contribution in [0.4, 0.5) is 4.39 Å². The first-order valence-electron chi connectivity index (χ1n) is 11.9. The Morgan fingerprint density at radius 1 is 0.964 bits per heavy atom. The van der Waals surface area contributed by atoms with E-state index in [1.54, 1.807) is 6.07 Å². The van der Waals surface area contributed by atoms with Crippen LogP contribution < -0.4 is 0 Å². The van der Waals surface area contributed by atoms with E-state index in [-0.39, 0.29) is 11.4 Å². The Labute approximate surface area is 170 Å². The minimum absolute atomic E-state index is 0.216. The van der Waals surface area contributed by atoms with Crippen molar-refractivity contribution >= 4 is 0 Å².